The second-order valence-electron chi connectivity index (χ2n) is 26.3. The number of esters is 1. The van der Waals surface area contributed by atoms with Gasteiger partial charge >= 0.3 is 5.97 Å². The lowest BCUT2D eigenvalue weighted by Gasteiger charge is -2.43. The summed E-state index contributed by atoms with van der Waals surface area (Å²) in [7, 11) is -7.25. The Labute approximate surface area is 420 Å². The molecule has 7 nitrogen and oxygen atoms in total. The molecule has 0 saturated heterocycles. The molecule has 392 valence electrons. The van der Waals surface area contributed by atoms with Crippen molar-refractivity contribution in [3.63, 3.8) is 0 Å². The summed E-state index contributed by atoms with van der Waals surface area (Å²) in [6.07, 6.45) is 21.8. The van der Waals surface area contributed by atoms with Crippen molar-refractivity contribution < 1.29 is 32.3 Å². The van der Waals surface area contributed by atoms with E-state index in [1.807, 2.05) is 18.2 Å². The first-order valence-electron chi connectivity index (χ1n) is 25.9. The van der Waals surface area contributed by atoms with Crippen LogP contribution >= 0.6 is 0 Å². The maximum atomic E-state index is 11.8. The molecule has 0 aromatic heterocycles. The smallest absolute Gasteiger partial charge is 0.330 e. The summed E-state index contributed by atoms with van der Waals surface area (Å²) in [5, 5.41) is 11.7. The highest BCUT2D eigenvalue weighted by Gasteiger charge is 2.45. The fraction of sp³-hybridized carbons (Fsp3) is 0.804. The third kappa shape index (κ3) is 22.0. The van der Waals surface area contributed by atoms with E-state index in [1.54, 1.807) is 12.2 Å². The summed E-state index contributed by atoms with van der Waals surface area (Å²) >= 11 is 0. The minimum atomic E-state index is -2.21. The second kappa shape index (κ2) is 27.0. The Bertz CT molecular complexity index is 1590. The van der Waals surface area contributed by atoms with Gasteiger partial charge in [0, 0.05) is 24.3 Å². The molecule has 0 unspecified atom stereocenters. The quantitative estimate of drug-likeness (QED) is 0.0209. The summed E-state index contributed by atoms with van der Waals surface area (Å²) in [6, 6.07) is 0. The topological polar surface area (TPSA) is 83.5 Å². The van der Waals surface area contributed by atoms with E-state index in [4.69, 9.17) is 22.4 Å². The van der Waals surface area contributed by atoms with E-state index in [1.165, 1.54) is 13.2 Å². The summed E-state index contributed by atoms with van der Waals surface area (Å²) in [6.45, 7) is 61.5. The third-order valence-electron chi connectivity index (χ3n) is 16.3. The van der Waals surface area contributed by atoms with Gasteiger partial charge < -0.3 is 27.5 Å². The van der Waals surface area contributed by atoms with Gasteiger partial charge in [0.2, 0.25) is 0 Å². The van der Waals surface area contributed by atoms with E-state index in [0.29, 0.717) is 12.3 Å². The van der Waals surface area contributed by atoms with Crippen LogP contribution in [-0.2, 0) is 27.2 Å². The Balaban J connectivity index is 7.08. The largest absolute Gasteiger partial charge is 0.466 e. The van der Waals surface area contributed by atoms with Gasteiger partial charge in [-0.25, -0.2) is 4.79 Å². The van der Waals surface area contributed by atoms with Crippen LogP contribution in [0.15, 0.2) is 61.3 Å². The van der Waals surface area contributed by atoms with E-state index in [-0.39, 0.29) is 74.2 Å². The minimum absolute atomic E-state index is 0.00533. The molecular formula is C56H110O7Si4. The van der Waals surface area contributed by atoms with Crippen LogP contribution in [0.4, 0.5) is 0 Å². The normalized spacial score (nSPS) is 19.1. The van der Waals surface area contributed by atoms with Gasteiger partial charge in [0.05, 0.1) is 37.6 Å². The maximum Gasteiger partial charge on any atom is 0.330 e. The molecule has 0 aromatic rings. The van der Waals surface area contributed by atoms with E-state index in [0.717, 1.165) is 25.7 Å². The average Bonchev–Trinajstić information content (AvgIpc) is 3.17. The van der Waals surface area contributed by atoms with Crippen molar-refractivity contribution in [1.82, 2.24) is 0 Å². The van der Waals surface area contributed by atoms with Gasteiger partial charge in [-0.15, -0.1) is 0 Å². The Morgan fingerprint density at radius 1 is 0.552 bits per heavy atom. The van der Waals surface area contributed by atoms with Crippen molar-refractivity contribution in [2.24, 2.45) is 29.6 Å². The molecule has 10 atom stereocenters. The molecule has 0 aliphatic heterocycles. The minimum Gasteiger partial charge on any atom is -0.466 e. The standard InChI is InChI=1S/C56H110O7Si4/c1-28-29-34-43(3)51(58)46(6)48(61-65(22,23)54(10,11)12)37-32-30-36-44(4)52(63-67(26,27)56(16,17)18)45(5)39-40-47(60-64(20,21)53(7,8)9)41-49(62-66(24,25)55(13,14)15)42(2)35-31-33-38-50(57)59-19/h28-29,31,33-35,38-40,42-49,51-52,58H,1,30,32,36-37,41H2,2-27H3/b34-29-,35-31+,38-33-,40-39-/t42-,43+,44+,45+,46+,47-,48-,49+,51+,52-/m1/s1. The van der Waals surface area contributed by atoms with Gasteiger partial charge in [-0.05, 0) is 103 Å². The number of methoxy groups -OCH3 is 1. The maximum absolute atomic E-state index is 11.8. The zero-order valence-corrected chi connectivity index (χ0v) is 52.6. The summed E-state index contributed by atoms with van der Waals surface area (Å²) in [4.78, 5) is 11.8. The van der Waals surface area contributed by atoms with E-state index in [2.05, 4.69) is 195 Å². The lowest BCUT2D eigenvalue weighted by atomic mass is 9.85. The lowest BCUT2D eigenvalue weighted by Crippen LogP contribution is -2.48. The number of rotatable bonds is 28. The van der Waals surface area contributed by atoms with Crippen LogP contribution in [-0.4, -0.2) is 82.0 Å². The summed E-state index contributed by atoms with van der Waals surface area (Å²) in [5.74, 6) is 0.155. The SMILES string of the molecule is C=C/C=C\[C@H](C)[C@H](O)[C@@H](C)[C@@H](CCCC[C@H](C)[C@@H](O[Si](C)(C)C(C)(C)C)[C@@H](C)/C=C\[C@H](C[C@H](O[Si](C)(C)C(C)(C)C)[C@H](C)/C=C/C=C\C(=O)OC)O[Si](C)(C)C(C)(C)C)O[Si](C)(C)C(C)(C)C. The number of unbranched alkanes of at least 4 members (excludes halogenated alkanes) is 1. The molecule has 1 N–H and O–H groups in total. The molecule has 0 heterocycles. The fourth-order valence-electron chi connectivity index (χ4n) is 7.14. The first-order chi connectivity index (χ1) is 30.1. The van der Waals surface area contributed by atoms with Crippen molar-refractivity contribution in [3.05, 3.63) is 61.3 Å². The molecule has 11 heteroatoms. The number of carbonyl (C=O) groups excluding carboxylic acids is 1. The van der Waals surface area contributed by atoms with Crippen LogP contribution in [0.5, 0.6) is 0 Å². The molecule has 0 aliphatic carbocycles. The van der Waals surface area contributed by atoms with E-state index >= 15 is 0 Å². The molecule has 0 radical (unpaired) electrons. The molecule has 0 spiro atoms. The van der Waals surface area contributed by atoms with Crippen LogP contribution in [0.2, 0.25) is 72.5 Å². The number of hydrogen-bond acceptors (Lipinski definition) is 7. The predicted molar refractivity (Wildman–Crippen MR) is 302 cm³/mol. The molecular weight excluding hydrogens is 897 g/mol. The Morgan fingerprint density at radius 3 is 1.45 bits per heavy atom. The summed E-state index contributed by atoms with van der Waals surface area (Å²) in [5.41, 5.74) is 0. The molecule has 0 amide bonds. The number of aliphatic hydroxyl groups is 1. The van der Waals surface area contributed by atoms with Gasteiger partial charge in [0.25, 0.3) is 0 Å². The fourth-order valence-corrected chi connectivity index (χ4v) is 12.8. The second-order valence-corrected chi connectivity index (χ2v) is 45.3. The van der Waals surface area contributed by atoms with Gasteiger partial charge in [0.15, 0.2) is 33.3 Å². The summed E-state index contributed by atoms with van der Waals surface area (Å²) < 4.78 is 34.0. The van der Waals surface area contributed by atoms with E-state index < -0.39 is 39.4 Å². The Hall–Kier alpha value is -1.16. The molecule has 67 heavy (non-hydrogen) atoms. The average molecular weight is 1010 g/mol. The number of carbonyl (C=O) groups is 1. The lowest BCUT2D eigenvalue weighted by molar-refractivity contribution is -0.134. The van der Waals surface area contributed by atoms with Crippen LogP contribution in [0, 0.1) is 29.6 Å². The van der Waals surface area contributed by atoms with Crippen molar-refractivity contribution in [2.75, 3.05) is 7.11 Å². The first kappa shape index (κ1) is 65.8. The van der Waals surface area contributed by atoms with Crippen molar-refractivity contribution in [1.29, 1.82) is 0 Å². The first-order valence-corrected chi connectivity index (χ1v) is 37.5. The number of ether oxygens (including phenoxy) is 1. The highest BCUT2D eigenvalue weighted by atomic mass is 28.4. The van der Waals surface area contributed by atoms with Gasteiger partial charge in [-0.3, -0.25) is 0 Å². The van der Waals surface area contributed by atoms with E-state index in [9.17, 15) is 9.90 Å². The number of allylic oxidation sites excluding steroid dienone is 4. The third-order valence-corrected chi connectivity index (χ3v) is 34.3. The molecule has 0 rings (SSSR count). The zero-order valence-electron chi connectivity index (χ0n) is 48.6. The predicted octanol–water partition coefficient (Wildman–Crippen LogP) is 16.6. The van der Waals surface area contributed by atoms with Crippen LogP contribution in [0.3, 0.4) is 0 Å². The highest BCUT2D eigenvalue weighted by Crippen LogP contribution is 2.44. The Morgan fingerprint density at radius 2 is 0.985 bits per heavy atom. The van der Waals surface area contributed by atoms with Gasteiger partial charge in [-0.2, -0.15) is 0 Å². The highest BCUT2D eigenvalue weighted by molar-refractivity contribution is 6.75. The molecule has 0 saturated carbocycles. The van der Waals surface area contributed by atoms with Gasteiger partial charge in [-0.1, -0.05) is 186 Å². The molecule has 0 bridgehead atoms. The number of aliphatic hydroxyl groups excluding tert-OH is 1. The van der Waals surface area contributed by atoms with Crippen LogP contribution in [0.1, 0.15) is 150 Å². The van der Waals surface area contributed by atoms with Crippen molar-refractivity contribution in [2.45, 2.75) is 253 Å². The number of hydrogen-bond donors (Lipinski definition) is 1. The zero-order chi connectivity index (χ0) is 52.8. The van der Waals surface area contributed by atoms with Crippen molar-refractivity contribution >= 4 is 39.2 Å². The Kier molecular flexibility index (Phi) is 26.6. The van der Waals surface area contributed by atoms with Gasteiger partial charge in [0.1, 0.15) is 0 Å². The van der Waals surface area contributed by atoms with Crippen LogP contribution in [0.25, 0.3) is 0 Å². The monoisotopic (exact) mass is 1010 g/mol. The van der Waals surface area contributed by atoms with Crippen LogP contribution < -0.4 is 0 Å². The van der Waals surface area contributed by atoms with Crippen molar-refractivity contribution in [3.8, 4) is 0 Å². The molecule has 0 aromatic carbocycles. The molecule has 0 aliphatic rings. The molecule has 0 fully saturated rings.